The second kappa shape index (κ2) is 11.0. The van der Waals surface area contributed by atoms with Gasteiger partial charge in [0, 0.05) is 48.0 Å². The molecule has 5 nitrogen and oxygen atoms in total. The lowest BCUT2D eigenvalue weighted by molar-refractivity contribution is 0.0240. The zero-order valence-corrected chi connectivity index (χ0v) is 24.5. The third-order valence-corrected chi connectivity index (χ3v) is 7.72. The monoisotopic (exact) mass is 592 g/mol. The number of ether oxygens (including phenoxy) is 2. The van der Waals surface area contributed by atoms with Crippen LogP contribution in [0.1, 0.15) is 49.4 Å². The number of nitrogens with zero attached hydrogens (tertiary/aromatic N) is 2. The van der Waals surface area contributed by atoms with Crippen molar-refractivity contribution >= 4 is 38.9 Å². The Labute approximate surface area is 238 Å². The summed E-state index contributed by atoms with van der Waals surface area (Å²) in [5.74, 6) is 0.544. The number of anilines is 1. The van der Waals surface area contributed by atoms with Crippen molar-refractivity contribution in [3.63, 3.8) is 0 Å². The molecule has 0 aromatic heterocycles. The SMILES string of the molecule is COc1cc(N2CCN(C(=O)OC(C)(C)C)CC2)ccc1C1=C(c2ccc(F)cc2)CCc2cc(Br)ccc21. The van der Waals surface area contributed by atoms with Crippen molar-refractivity contribution in [1.29, 1.82) is 0 Å². The van der Waals surface area contributed by atoms with Crippen LogP contribution in [0.25, 0.3) is 11.1 Å². The minimum absolute atomic E-state index is 0.241. The van der Waals surface area contributed by atoms with Crippen molar-refractivity contribution in [2.75, 3.05) is 38.2 Å². The summed E-state index contributed by atoms with van der Waals surface area (Å²) in [4.78, 5) is 16.5. The maximum absolute atomic E-state index is 13.8. The number of methoxy groups -OCH3 is 1. The number of fused-ring (bicyclic) bond motifs is 1. The van der Waals surface area contributed by atoms with E-state index in [4.69, 9.17) is 9.47 Å². The van der Waals surface area contributed by atoms with E-state index >= 15 is 0 Å². The molecule has 3 aromatic rings. The van der Waals surface area contributed by atoms with Crippen LogP contribution in [0.15, 0.2) is 65.1 Å². The van der Waals surface area contributed by atoms with Gasteiger partial charge in [-0.25, -0.2) is 9.18 Å². The summed E-state index contributed by atoms with van der Waals surface area (Å²) in [5, 5.41) is 0. The van der Waals surface area contributed by atoms with E-state index in [1.165, 1.54) is 28.8 Å². The summed E-state index contributed by atoms with van der Waals surface area (Å²) >= 11 is 3.62. The van der Waals surface area contributed by atoms with Gasteiger partial charge in [0.1, 0.15) is 17.2 Å². The number of aryl methyl sites for hydroxylation is 1. The molecule has 0 saturated carbocycles. The fourth-order valence-corrected chi connectivity index (χ4v) is 5.77. The van der Waals surface area contributed by atoms with Crippen LogP contribution in [-0.4, -0.2) is 49.9 Å². The minimum Gasteiger partial charge on any atom is -0.496 e. The fourth-order valence-electron chi connectivity index (χ4n) is 5.36. The van der Waals surface area contributed by atoms with Crippen molar-refractivity contribution in [2.24, 2.45) is 0 Å². The van der Waals surface area contributed by atoms with Gasteiger partial charge in [0.25, 0.3) is 0 Å². The number of carbonyl (C=O) groups is 1. The Morgan fingerprint density at radius 2 is 1.59 bits per heavy atom. The number of hydrogen-bond donors (Lipinski definition) is 0. The average molecular weight is 594 g/mol. The van der Waals surface area contributed by atoms with E-state index in [1.54, 1.807) is 12.0 Å². The third kappa shape index (κ3) is 5.98. The Hall–Kier alpha value is -3.32. The van der Waals surface area contributed by atoms with Crippen molar-refractivity contribution in [3.8, 4) is 5.75 Å². The molecule has 1 aliphatic heterocycles. The van der Waals surface area contributed by atoms with Crippen molar-refractivity contribution in [2.45, 2.75) is 39.2 Å². The molecule has 3 aromatic carbocycles. The summed E-state index contributed by atoms with van der Waals surface area (Å²) < 4.78 is 26.3. The number of halogens is 2. The molecule has 2 aliphatic rings. The Morgan fingerprint density at radius 3 is 2.26 bits per heavy atom. The largest absolute Gasteiger partial charge is 0.496 e. The van der Waals surface area contributed by atoms with Crippen molar-refractivity contribution in [1.82, 2.24) is 4.90 Å². The van der Waals surface area contributed by atoms with Crippen LogP contribution < -0.4 is 9.64 Å². The summed E-state index contributed by atoms with van der Waals surface area (Å²) in [7, 11) is 1.70. The zero-order chi connectivity index (χ0) is 27.7. The van der Waals surface area contributed by atoms with Gasteiger partial charge >= 0.3 is 6.09 Å². The maximum atomic E-state index is 13.8. The molecule has 7 heteroatoms. The van der Waals surface area contributed by atoms with Gasteiger partial charge < -0.3 is 19.3 Å². The van der Waals surface area contributed by atoms with E-state index in [9.17, 15) is 9.18 Å². The summed E-state index contributed by atoms with van der Waals surface area (Å²) in [6.07, 6.45) is 1.49. The van der Waals surface area contributed by atoms with Crippen molar-refractivity contribution < 1.29 is 18.7 Å². The molecule has 1 amide bonds. The highest BCUT2D eigenvalue weighted by molar-refractivity contribution is 9.10. The van der Waals surface area contributed by atoms with Crippen LogP contribution in [0.3, 0.4) is 0 Å². The lowest BCUT2D eigenvalue weighted by Gasteiger charge is -2.37. The standard InChI is InChI=1S/C32H34BrFN2O3/c1-32(2,3)39-31(37)36-17-15-35(16-18-36)25-11-14-28(29(20-25)38-4)30-26(21-5-9-24(34)10-6-21)12-7-22-19-23(33)8-13-27(22)30/h5-6,8-11,13-14,19-20H,7,12,15-18H2,1-4H3. The average Bonchev–Trinajstić information content (AvgIpc) is 2.91. The molecular formula is C32H34BrFN2O3. The van der Waals surface area contributed by atoms with Crippen LogP contribution >= 0.6 is 15.9 Å². The third-order valence-electron chi connectivity index (χ3n) is 7.23. The first-order valence-corrected chi connectivity index (χ1v) is 14.1. The van der Waals surface area contributed by atoms with E-state index in [1.807, 2.05) is 32.9 Å². The molecule has 1 fully saturated rings. The lowest BCUT2D eigenvalue weighted by atomic mass is 9.79. The fraction of sp³-hybridized carbons (Fsp3) is 0.344. The second-order valence-electron chi connectivity index (χ2n) is 11.0. The molecule has 0 radical (unpaired) electrons. The number of hydrogen-bond acceptors (Lipinski definition) is 4. The Balaban J connectivity index is 1.48. The molecule has 1 saturated heterocycles. The molecular weight excluding hydrogens is 559 g/mol. The quantitative estimate of drug-likeness (QED) is 0.313. The smallest absolute Gasteiger partial charge is 0.410 e. The van der Waals surface area contributed by atoms with E-state index in [2.05, 4.69) is 57.2 Å². The highest BCUT2D eigenvalue weighted by atomic mass is 79.9. The highest BCUT2D eigenvalue weighted by Gasteiger charge is 2.28. The molecule has 0 atom stereocenters. The van der Waals surface area contributed by atoms with E-state index < -0.39 is 5.60 Å². The predicted molar refractivity (Wildman–Crippen MR) is 158 cm³/mol. The first kappa shape index (κ1) is 27.3. The number of rotatable bonds is 4. The topological polar surface area (TPSA) is 42.0 Å². The molecule has 204 valence electrons. The highest BCUT2D eigenvalue weighted by Crippen LogP contribution is 2.45. The molecule has 0 N–H and O–H groups in total. The summed E-state index contributed by atoms with van der Waals surface area (Å²) in [5.41, 5.74) is 7.31. The van der Waals surface area contributed by atoms with Gasteiger partial charge in [-0.05, 0) is 97.8 Å². The molecule has 0 unspecified atom stereocenters. The molecule has 5 rings (SSSR count). The van der Waals surface area contributed by atoms with E-state index in [0.29, 0.717) is 26.2 Å². The number of amides is 1. The molecule has 0 spiro atoms. The lowest BCUT2D eigenvalue weighted by Crippen LogP contribution is -2.50. The second-order valence-corrected chi connectivity index (χ2v) is 11.9. The van der Waals surface area contributed by atoms with Crippen molar-refractivity contribution in [3.05, 3.63) is 93.2 Å². The Kier molecular flexibility index (Phi) is 7.72. The van der Waals surface area contributed by atoms with Gasteiger partial charge in [0.2, 0.25) is 0 Å². The van der Waals surface area contributed by atoms with Gasteiger partial charge in [-0.1, -0.05) is 34.1 Å². The zero-order valence-electron chi connectivity index (χ0n) is 22.9. The van der Waals surface area contributed by atoms with Gasteiger partial charge in [0.15, 0.2) is 0 Å². The van der Waals surface area contributed by atoms with Crippen LogP contribution in [0.2, 0.25) is 0 Å². The number of allylic oxidation sites excluding steroid dienone is 1. The molecule has 0 bridgehead atoms. The first-order chi connectivity index (χ1) is 18.6. The molecule has 1 aliphatic carbocycles. The van der Waals surface area contributed by atoms with Crippen LogP contribution in [-0.2, 0) is 11.2 Å². The van der Waals surface area contributed by atoms with Crippen LogP contribution in [0.5, 0.6) is 5.75 Å². The molecule has 39 heavy (non-hydrogen) atoms. The molecule has 1 heterocycles. The van der Waals surface area contributed by atoms with E-state index in [-0.39, 0.29) is 11.9 Å². The summed E-state index contributed by atoms with van der Waals surface area (Å²) in [6.45, 7) is 8.27. The predicted octanol–water partition coefficient (Wildman–Crippen LogP) is 7.56. The number of piperazine rings is 1. The maximum Gasteiger partial charge on any atom is 0.410 e. The first-order valence-electron chi connectivity index (χ1n) is 13.3. The van der Waals surface area contributed by atoms with Gasteiger partial charge in [-0.2, -0.15) is 0 Å². The van der Waals surface area contributed by atoms with Crippen LogP contribution in [0.4, 0.5) is 14.9 Å². The van der Waals surface area contributed by atoms with Crippen LogP contribution in [0, 0.1) is 5.82 Å². The minimum atomic E-state index is -0.507. The van der Waals surface area contributed by atoms with E-state index in [0.717, 1.165) is 45.5 Å². The normalized spacial score (nSPS) is 15.7. The van der Waals surface area contributed by atoms with Gasteiger partial charge in [-0.3, -0.25) is 0 Å². The van der Waals surface area contributed by atoms with Gasteiger partial charge in [0.05, 0.1) is 7.11 Å². The van der Waals surface area contributed by atoms with Gasteiger partial charge in [-0.15, -0.1) is 0 Å². The number of benzene rings is 3. The Morgan fingerprint density at radius 1 is 0.897 bits per heavy atom. The number of carbonyl (C=O) groups excluding carboxylic acids is 1. The Bertz CT molecular complexity index is 1400. The summed E-state index contributed by atoms with van der Waals surface area (Å²) in [6, 6.07) is 19.5.